The number of benzene rings is 2. The van der Waals surface area contributed by atoms with Gasteiger partial charge in [-0.15, -0.1) is 0 Å². The summed E-state index contributed by atoms with van der Waals surface area (Å²) in [4.78, 5) is 48.4. The van der Waals surface area contributed by atoms with E-state index in [9.17, 15) is 28.0 Å². The molecule has 0 spiro atoms. The summed E-state index contributed by atoms with van der Waals surface area (Å²) in [5, 5.41) is 2.23. The zero-order chi connectivity index (χ0) is 19.6. The summed E-state index contributed by atoms with van der Waals surface area (Å²) in [7, 11) is 0. The third-order valence-corrected chi connectivity index (χ3v) is 3.73. The Bertz CT molecular complexity index is 961. The van der Waals surface area contributed by atoms with E-state index in [2.05, 4.69) is 5.32 Å². The van der Waals surface area contributed by atoms with E-state index < -0.39 is 48.4 Å². The Morgan fingerprint density at radius 3 is 2.52 bits per heavy atom. The summed E-state index contributed by atoms with van der Waals surface area (Å²) in [5.41, 5.74) is 0.464. The van der Waals surface area contributed by atoms with Gasteiger partial charge in [0.15, 0.2) is 18.2 Å². The number of rotatable bonds is 5. The molecule has 2 aromatic carbocycles. The van der Waals surface area contributed by atoms with E-state index in [1.165, 1.54) is 12.1 Å². The molecule has 1 N–H and O–H groups in total. The molecule has 0 atom stereocenters. The first-order chi connectivity index (χ1) is 12.9. The molecule has 138 valence electrons. The fourth-order valence-corrected chi connectivity index (χ4v) is 2.50. The number of hydrogen-bond acceptors (Lipinski definition) is 5. The van der Waals surface area contributed by atoms with Crippen LogP contribution in [0.5, 0.6) is 0 Å². The van der Waals surface area contributed by atoms with E-state index in [4.69, 9.17) is 4.74 Å². The maximum absolute atomic E-state index is 13.1. The molecule has 2 aromatic rings. The van der Waals surface area contributed by atoms with Crippen LogP contribution < -0.4 is 10.2 Å². The Morgan fingerprint density at radius 1 is 1.04 bits per heavy atom. The van der Waals surface area contributed by atoms with Crippen LogP contribution in [0.2, 0.25) is 0 Å². The summed E-state index contributed by atoms with van der Waals surface area (Å²) >= 11 is 0. The molecule has 2 amide bonds. The minimum absolute atomic E-state index is 0.0100. The molecule has 0 radical (unpaired) electrons. The van der Waals surface area contributed by atoms with Crippen molar-refractivity contribution in [1.29, 1.82) is 0 Å². The highest BCUT2D eigenvalue weighted by molar-refractivity contribution is 6.52. The molecule has 0 aliphatic carbocycles. The van der Waals surface area contributed by atoms with Crippen LogP contribution in [0.25, 0.3) is 0 Å². The van der Waals surface area contributed by atoms with E-state index in [1.807, 2.05) is 0 Å². The van der Waals surface area contributed by atoms with Crippen LogP contribution in [0.3, 0.4) is 0 Å². The highest BCUT2D eigenvalue weighted by atomic mass is 19.2. The lowest BCUT2D eigenvalue weighted by Gasteiger charge is -2.15. The standard InChI is InChI=1S/C18H12F2N2O5/c19-12-6-5-10(7-13(12)20)21-15(23)9-27-16(24)8-22-14-4-2-1-3-11(14)17(25)18(22)26/h1-7H,8-9H2,(H,21,23). The summed E-state index contributed by atoms with van der Waals surface area (Å²) in [6.45, 7) is -1.24. The molecule has 7 nitrogen and oxygen atoms in total. The lowest BCUT2D eigenvalue weighted by atomic mass is 10.1. The lowest BCUT2D eigenvalue weighted by Crippen LogP contribution is -2.36. The molecule has 1 aliphatic rings. The van der Waals surface area contributed by atoms with Gasteiger partial charge in [-0.25, -0.2) is 8.78 Å². The molecule has 0 saturated carbocycles. The Hall–Kier alpha value is -3.62. The van der Waals surface area contributed by atoms with Crippen LogP contribution in [0.15, 0.2) is 42.5 Å². The molecule has 1 aliphatic heterocycles. The van der Waals surface area contributed by atoms with Gasteiger partial charge in [0.1, 0.15) is 6.54 Å². The average molecular weight is 374 g/mol. The number of esters is 1. The molecule has 27 heavy (non-hydrogen) atoms. The summed E-state index contributed by atoms with van der Waals surface area (Å²) < 4.78 is 30.7. The number of nitrogens with one attached hydrogen (secondary N) is 1. The van der Waals surface area contributed by atoms with E-state index in [-0.39, 0.29) is 16.9 Å². The van der Waals surface area contributed by atoms with Crippen LogP contribution in [0.1, 0.15) is 10.4 Å². The van der Waals surface area contributed by atoms with Gasteiger partial charge in [0, 0.05) is 11.8 Å². The minimum atomic E-state index is -1.14. The first-order valence-electron chi connectivity index (χ1n) is 7.72. The monoisotopic (exact) mass is 374 g/mol. The van der Waals surface area contributed by atoms with Crippen molar-refractivity contribution in [1.82, 2.24) is 0 Å². The van der Waals surface area contributed by atoms with E-state index in [0.717, 1.165) is 23.1 Å². The van der Waals surface area contributed by atoms with Crippen molar-refractivity contribution in [2.24, 2.45) is 0 Å². The van der Waals surface area contributed by atoms with Crippen LogP contribution in [0.4, 0.5) is 20.2 Å². The largest absolute Gasteiger partial charge is 0.454 e. The predicted octanol–water partition coefficient (Wildman–Crippen LogP) is 1.68. The molecule has 0 saturated heterocycles. The van der Waals surface area contributed by atoms with Crippen molar-refractivity contribution in [2.75, 3.05) is 23.4 Å². The number of nitrogens with zero attached hydrogens (tertiary/aromatic N) is 1. The number of para-hydroxylation sites is 1. The maximum atomic E-state index is 13.1. The SMILES string of the molecule is O=C(COC(=O)CN1C(=O)C(=O)c2ccccc21)Nc1ccc(F)c(F)c1. The van der Waals surface area contributed by atoms with Crippen LogP contribution >= 0.6 is 0 Å². The smallest absolute Gasteiger partial charge is 0.326 e. The number of ketones is 1. The van der Waals surface area contributed by atoms with Gasteiger partial charge in [-0.2, -0.15) is 0 Å². The molecule has 9 heteroatoms. The van der Waals surface area contributed by atoms with Crippen molar-refractivity contribution in [2.45, 2.75) is 0 Å². The minimum Gasteiger partial charge on any atom is -0.454 e. The van der Waals surface area contributed by atoms with Gasteiger partial charge in [-0.3, -0.25) is 24.1 Å². The first kappa shape index (κ1) is 18.2. The second-order valence-electron chi connectivity index (χ2n) is 5.58. The summed E-state index contributed by atoms with van der Waals surface area (Å²) in [5.74, 6) is -5.48. The van der Waals surface area contributed by atoms with E-state index in [0.29, 0.717) is 0 Å². The lowest BCUT2D eigenvalue weighted by molar-refractivity contribution is -0.146. The van der Waals surface area contributed by atoms with Crippen molar-refractivity contribution >= 4 is 34.9 Å². The van der Waals surface area contributed by atoms with Crippen molar-refractivity contribution in [3.8, 4) is 0 Å². The number of amides is 2. The fourth-order valence-electron chi connectivity index (χ4n) is 2.50. The zero-order valence-electron chi connectivity index (χ0n) is 13.7. The second-order valence-corrected chi connectivity index (χ2v) is 5.58. The highest BCUT2D eigenvalue weighted by Gasteiger charge is 2.36. The quantitative estimate of drug-likeness (QED) is 0.635. The third kappa shape index (κ3) is 3.81. The molecule has 0 unspecified atom stereocenters. The summed E-state index contributed by atoms with van der Waals surface area (Å²) in [6, 6.07) is 8.94. The second kappa shape index (κ2) is 7.32. The van der Waals surface area contributed by atoms with E-state index >= 15 is 0 Å². The number of hydrogen-bond donors (Lipinski definition) is 1. The topological polar surface area (TPSA) is 92.8 Å². The zero-order valence-corrected chi connectivity index (χ0v) is 13.7. The fraction of sp³-hybridized carbons (Fsp3) is 0.111. The third-order valence-electron chi connectivity index (χ3n) is 3.73. The number of fused-ring (bicyclic) bond motifs is 1. The number of anilines is 2. The molecular weight excluding hydrogens is 362 g/mol. The Kier molecular flexibility index (Phi) is 4.93. The van der Waals surface area contributed by atoms with Gasteiger partial charge < -0.3 is 10.1 Å². The Balaban J connectivity index is 1.55. The highest BCUT2D eigenvalue weighted by Crippen LogP contribution is 2.28. The van der Waals surface area contributed by atoms with Crippen LogP contribution in [-0.4, -0.2) is 36.7 Å². The molecule has 0 aromatic heterocycles. The molecule has 0 fully saturated rings. The van der Waals surface area contributed by atoms with Crippen LogP contribution in [-0.2, 0) is 19.1 Å². The number of carbonyl (C=O) groups excluding carboxylic acids is 4. The average Bonchev–Trinajstić information content (AvgIpc) is 2.88. The van der Waals surface area contributed by atoms with Gasteiger partial charge in [0.2, 0.25) is 0 Å². The molecule has 3 rings (SSSR count). The van der Waals surface area contributed by atoms with Gasteiger partial charge in [-0.1, -0.05) is 12.1 Å². The normalized spacial score (nSPS) is 12.7. The number of carbonyl (C=O) groups is 4. The van der Waals surface area contributed by atoms with Crippen molar-refractivity contribution < 1.29 is 32.7 Å². The Morgan fingerprint density at radius 2 is 1.78 bits per heavy atom. The Labute approximate surface area is 151 Å². The molecule has 0 bridgehead atoms. The van der Waals surface area contributed by atoms with Crippen molar-refractivity contribution in [3.05, 3.63) is 59.7 Å². The van der Waals surface area contributed by atoms with Gasteiger partial charge in [0.25, 0.3) is 17.6 Å². The van der Waals surface area contributed by atoms with E-state index in [1.54, 1.807) is 12.1 Å². The first-order valence-corrected chi connectivity index (χ1v) is 7.72. The number of halogens is 2. The molecule has 1 heterocycles. The number of Topliss-reactive ketones (excluding diaryl/α,β-unsaturated/α-hetero) is 1. The maximum Gasteiger partial charge on any atom is 0.326 e. The van der Waals surface area contributed by atoms with Crippen LogP contribution in [0, 0.1) is 11.6 Å². The van der Waals surface area contributed by atoms with Gasteiger partial charge in [0.05, 0.1) is 11.3 Å². The molecular formula is C18H12F2N2O5. The summed E-state index contributed by atoms with van der Waals surface area (Å²) in [6.07, 6.45) is 0. The number of ether oxygens (including phenoxy) is 1. The van der Waals surface area contributed by atoms with Gasteiger partial charge in [-0.05, 0) is 24.3 Å². The predicted molar refractivity (Wildman–Crippen MR) is 89.1 cm³/mol. The van der Waals surface area contributed by atoms with Crippen molar-refractivity contribution in [3.63, 3.8) is 0 Å². The van der Waals surface area contributed by atoms with Gasteiger partial charge >= 0.3 is 5.97 Å².